The molecule has 1 fully saturated rings. The molecule has 0 radical (unpaired) electrons. The van der Waals surface area contributed by atoms with Crippen molar-refractivity contribution in [2.24, 2.45) is 5.92 Å². The molecule has 1 heterocycles. The lowest BCUT2D eigenvalue weighted by Gasteiger charge is -2.28. The fourth-order valence-electron chi connectivity index (χ4n) is 3.04. The SMILES string of the molecule is CCOC(=O)[C@H]1CCC[NH+](CCCCOc2ccc(F)cc2)C1. The predicted molar refractivity (Wildman–Crippen MR) is 86.0 cm³/mol. The summed E-state index contributed by atoms with van der Waals surface area (Å²) in [6.45, 7) is 6.03. The second kappa shape index (κ2) is 9.50. The van der Waals surface area contributed by atoms with Crippen molar-refractivity contribution in [1.29, 1.82) is 0 Å². The van der Waals surface area contributed by atoms with Crippen molar-refractivity contribution in [3.8, 4) is 5.75 Å². The van der Waals surface area contributed by atoms with E-state index in [1.54, 1.807) is 12.1 Å². The number of hydrogen-bond donors (Lipinski definition) is 1. The molecule has 0 aromatic heterocycles. The van der Waals surface area contributed by atoms with Gasteiger partial charge in [0.05, 0.1) is 32.8 Å². The molecule has 5 heteroatoms. The van der Waals surface area contributed by atoms with E-state index in [1.807, 2.05) is 6.92 Å². The van der Waals surface area contributed by atoms with Crippen LogP contribution in [-0.4, -0.2) is 38.8 Å². The Morgan fingerprint density at radius 3 is 2.83 bits per heavy atom. The molecule has 0 saturated carbocycles. The van der Waals surface area contributed by atoms with E-state index in [0.717, 1.165) is 45.3 Å². The molecule has 1 saturated heterocycles. The Hall–Kier alpha value is -1.62. The summed E-state index contributed by atoms with van der Waals surface area (Å²) < 4.78 is 23.5. The van der Waals surface area contributed by atoms with E-state index >= 15 is 0 Å². The van der Waals surface area contributed by atoms with Gasteiger partial charge in [-0.1, -0.05) is 0 Å². The Kier molecular flexibility index (Phi) is 7.33. The third-order valence-electron chi connectivity index (χ3n) is 4.24. The number of quaternary nitrogens is 1. The molecular weight excluding hydrogens is 297 g/mol. The van der Waals surface area contributed by atoms with E-state index in [-0.39, 0.29) is 17.7 Å². The maximum absolute atomic E-state index is 12.8. The van der Waals surface area contributed by atoms with Gasteiger partial charge in [0, 0.05) is 0 Å². The quantitative estimate of drug-likeness (QED) is 0.586. The molecule has 1 aromatic rings. The Morgan fingerprint density at radius 1 is 1.30 bits per heavy atom. The molecule has 1 aliphatic heterocycles. The maximum Gasteiger partial charge on any atom is 0.314 e. The molecule has 1 unspecified atom stereocenters. The van der Waals surface area contributed by atoms with E-state index < -0.39 is 0 Å². The molecule has 1 aromatic carbocycles. The van der Waals surface area contributed by atoms with Gasteiger partial charge in [-0.25, -0.2) is 4.39 Å². The fourth-order valence-corrected chi connectivity index (χ4v) is 3.04. The van der Waals surface area contributed by atoms with Gasteiger partial charge in [-0.15, -0.1) is 0 Å². The number of piperidine rings is 1. The van der Waals surface area contributed by atoms with Crippen LogP contribution in [0.1, 0.15) is 32.6 Å². The molecular formula is C18H27FNO3+. The molecule has 0 bridgehead atoms. The minimum Gasteiger partial charge on any atom is -0.494 e. The standard InChI is InChI=1S/C18H26FNO3/c1-2-22-18(21)15-6-5-12-20(14-15)11-3-4-13-23-17-9-7-16(19)8-10-17/h7-10,15H,2-6,11-14H2,1H3/p+1/t15-/m0/s1. The summed E-state index contributed by atoms with van der Waals surface area (Å²) in [7, 11) is 0. The second-order valence-electron chi connectivity index (χ2n) is 6.05. The summed E-state index contributed by atoms with van der Waals surface area (Å²) in [4.78, 5) is 13.3. The number of benzene rings is 1. The van der Waals surface area contributed by atoms with Crippen LogP contribution >= 0.6 is 0 Å². The number of hydrogen-bond acceptors (Lipinski definition) is 3. The van der Waals surface area contributed by atoms with Gasteiger partial charge < -0.3 is 14.4 Å². The summed E-state index contributed by atoms with van der Waals surface area (Å²) in [5.74, 6) is 0.486. The summed E-state index contributed by atoms with van der Waals surface area (Å²) in [6.07, 6.45) is 4.07. The third-order valence-corrected chi connectivity index (χ3v) is 4.24. The van der Waals surface area contributed by atoms with Crippen LogP contribution in [-0.2, 0) is 9.53 Å². The number of likely N-dealkylation sites (tertiary alicyclic amines) is 1. The number of carbonyl (C=O) groups is 1. The minimum atomic E-state index is -0.248. The van der Waals surface area contributed by atoms with Crippen LogP contribution < -0.4 is 9.64 Å². The third kappa shape index (κ3) is 6.18. The average Bonchev–Trinajstić information content (AvgIpc) is 2.57. The molecule has 128 valence electrons. The molecule has 0 aliphatic carbocycles. The lowest BCUT2D eigenvalue weighted by Crippen LogP contribution is -3.13. The number of halogens is 1. The number of rotatable bonds is 8. The second-order valence-corrected chi connectivity index (χ2v) is 6.05. The predicted octanol–water partition coefficient (Wildman–Crippen LogP) is 1.84. The van der Waals surface area contributed by atoms with Crippen molar-refractivity contribution in [3.63, 3.8) is 0 Å². The topological polar surface area (TPSA) is 40.0 Å². The van der Waals surface area contributed by atoms with E-state index in [9.17, 15) is 9.18 Å². The molecule has 23 heavy (non-hydrogen) atoms. The van der Waals surface area contributed by atoms with Gasteiger partial charge >= 0.3 is 5.97 Å². The van der Waals surface area contributed by atoms with E-state index in [2.05, 4.69) is 0 Å². The van der Waals surface area contributed by atoms with Crippen molar-refractivity contribution >= 4 is 5.97 Å². The highest BCUT2D eigenvalue weighted by Gasteiger charge is 2.29. The molecule has 1 N–H and O–H groups in total. The number of ether oxygens (including phenoxy) is 2. The minimum absolute atomic E-state index is 0.0376. The molecule has 0 spiro atoms. The van der Waals surface area contributed by atoms with Crippen molar-refractivity contribution < 1.29 is 23.6 Å². The van der Waals surface area contributed by atoms with Crippen LogP contribution in [0.2, 0.25) is 0 Å². The smallest absolute Gasteiger partial charge is 0.314 e. The number of unbranched alkanes of at least 4 members (excludes halogenated alkanes) is 1. The first-order valence-electron chi connectivity index (χ1n) is 8.57. The average molecular weight is 324 g/mol. The monoisotopic (exact) mass is 324 g/mol. The highest BCUT2D eigenvalue weighted by atomic mass is 19.1. The van der Waals surface area contributed by atoms with Gasteiger partial charge in [0.25, 0.3) is 0 Å². The number of esters is 1. The number of nitrogens with one attached hydrogen (secondary N) is 1. The zero-order chi connectivity index (χ0) is 16.5. The van der Waals surface area contributed by atoms with Gasteiger partial charge in [-0.05, 0) is 56.9 Å². The molecule has 1 aliphatic rings. The lowest BCUT2D eigenvalue weighted by molar-refractivity contribution is -0.907. The Bertz CT molecular complexity index is 478. The van der Waals surface area contributed by atoms with Crippen LogP contribution in [0.25, 0.3) is 0 Å². The van der Waals surface area contributed by atoms with E-state index in [1.165, 1.54) is 17.0 Å². The lowest BCUT2D eigenvalue weighted by atomic mass is 9.98. The van der Waals surface area contributed by atoms with E-state index in [0.29, 0.717) is 19.0 Å². The van der Waals surface area contributed by atoms with Crippen LogP contribution in [0.4, 0.5) is 4.39 Å². The largest absolute Gasteiger partial charge is 0.494 e. The highest BCUT2D eigenvalue weighted by Crippen LogP contribution is 2.12. The zero-order valence-electron chi connectivity index (χ0n) is 13.9. The van der Waals surface area contributed by atoms with E-state index in [4.69, 9.17) is 9.47 Å². The first-order chi connectivity index (χ1) is 11.2. The molecule has 4 nitrogen and oxygen atoms in total. The summed E-state index contributed by atoms with van der Waals surface area (Å²) >= 11 is 0. The fraction of sp³-hybridized carbons (Fsp3) is 0.611. The maximum atomic E-state index is 12.8. The summed E-state index contributed by atoms with van der Waals surface area (Å²) in [5, 5.41) is 0. The van der Waals surface area contributed by atoms with Crippen molar-refractivity contribution in [2.45, 2.75) is 32.6 Å². The highest BCUT2D eigenvalue weighted by molar-refractivity contribution is 5.72. The van der Waals surface area contributed by atoms with Crippen LogP contribution in [0, 0.1) is 11.7 Å². The van der Waals surface area contributed by atoms with Gasteiger partial charge in [-0.2, -0.15) is 0 Å². The Balaban J connectivity index is 1.60. The van der Waals surface area contributed by atoms with Gasteiger partial charge in [0.1, 0.15) is 17.5 Å². The first kappa shape index (κ1) is 17.7. The number of carbonyl (C=O) groups excluding carboxylic acids is 1. The Labute approximate surface area is 137 Å². The molecule has 2 atom stereocenters. The van der Waals surface area contributed by atoms with Gasteiger partial charge in [-0.3, -0.25) is 4.79 Å². The normalized spacial score (nSPS) is 21.0. The van der Waals surface area contributed by atoms with Crippen molar-refractivity contribution in [2.75, 3.05) is 32.8 Å². The first-order valence-corrected chi connectivity index (χ1v) is 8.57. The summed E-state index contributed by atoms with van der Waals surface area (Å²) in [5.41, 5.74) is 0. The Morgan fingerprint density at radius 2 is 2.09 bits per heavy atom. The van der Waals surface area contributed by atoms with Crippen LogP contribution in [0.15, 0.2) is 24.3 Å². The zero-order valence-corrected chi connectivity index (χ0v) is 13.9. The molecule has 2 rings (SSSR count). The van der Waals surface area contributed by atoms with Crippen molar-refractivity contribution in [1.82, 2.24) is 0 Å². The molecule has 0 amide bonds. The van der Waals surface area contributed by atoms with Gasteiger partial charge in [0.15, 0.2) is 0 Å². The van der Waals surface area contributed by atoms with Crippen molar-refractivity contribution in [3.05, 3.63) is 30.1 Å². The van der Waals surface area contributed by atoms with Crippen LogP contribution in [0.5, 0.6) is 5.75 Å². The van der Waals surface area contributed by atoms with Gasteiger partial charge in [0.2, 0.25) is 0 Å². The van der Waals surface area contributed by atoms with Crippen LogP contribution in [0.3, 0.4) is 0 Å². The summed E-state index contributed by atoms with van der Waals surface area (Å²) in [6, 6.07) is 6.11.